The van der Waals surface area contributed by atoms with Gasteiger partial charge in [0.25, 0.3) is 5.56 Å². The van der Waals surface area contributed by atoms with Crippen molar-refractivity contribution in [2.24, 2.45) is 0 Å². The van der Waals surface area contributed by atoms with Crippen LogP contribution in [0.4, 0.5) is 13.6 Å². The Hall–Kier alpha value is -2.85. The van der Waals surface area contributed by atoms with E-state index in [-0.39, 0.29) is 22.5 Å². The number of carbonyl (C=O) groups excluding carboxylic acids is 1. The molecule has 1 atom stereocenters. The molecule has 0 unspecified atom stereocenters. The molecule has 0 spiro atoms. The van der Waals surface area contributed by atoms with Crippen molar-refractivity contribution in [3.63, 3.8) is 0 Å². The molecule has 2 N–H and O–H groups in total. The van der Waals surface area contributed by atoms with Crippen molar-refractivity contribution in [1.29, 1.82) is 0 Å². The van der Waals surface area contributed by atoms with Crippen LogP contribution >= 0.6 is 23.4 Å². The summed E-state index contributed by atoms with van der Waals surface area (Å²) >= 11 is 7.28. The number of rotatable bonds is 2. The fraction of sp³-hybridized carbons (Fsp3) is 0.375. The fourth-order valence-corrected chi connectivity index (χ4v) is 5.66. The summed E-state index contributed by atoms with van der Waals surface area (Å²) in [6.07, 6.45) is -0.147. The lowest BCUT2D eigenvalue weighted by Gasteiger charge is -2.27. The highest BCUT2D eigenvalue weighted by molar-refractivity contribution is 7.99. The molecule has 0 fully saturated rings. The number of nitrogens with zero attached hydrogens (tertiary/aromatic N) is 1. The van der Waals surface area contributed by atoms with Crippen LogP contribution in [-0.2, 0) is 11.3 Å². The summed E-state index contributed by atoms with van der Waals surface area (Å²) in [4.78, 5) is 40.8. The van der Waals surface area contributed by atoms with E-state index >= 15 is 0 Å². The first-order valence-electron chi connectivity index (χ1n) is 10.9. The second-order valence-corrected chi connectivity index (χ2v) is 10.9. The maximum absolute atomic E-state index is 14.9. The third kappa shape index (κ3) is 5.08. The van der Waals surface area contributed by atoms with Crippen molar-refractivity contribution < 1.29 is 18.3 Å². The molecule has 2 heterocycles. The number of alkyl carbamates (subject to hydrolysis) is 1. The number of nitrogens with one attached hydrogen (secondary N) is 2. The Labute approximate surface area is 208 Å². The van der Waals surface area contributed by atoms with Gasteiger partial charge >= 0.3 is 11.8 Å². The van der Waals surface area contributed by atoms with Gasteiger partial charge in [-0.3, -0.25) is 14.3 Å². The lowest BCUT2D eigenvalue weighted by atomic mass is 9.97. The van der Waals surface area contributed by atoms with Gasteiger partial charge in [-0.25, -0.2) is 18.4 Å². The Balaban J connectivity index is 1.92. The van der Waals surface area contributed by atoms with Crippen LogP contribution in [0, 0.1) is 18.6 Å². The minimum Gasteiger partial charge on any atom is -0.444 e. The average molecular weight is 524 g/mol. The van der Waals surface area contributed by atoms with Gasteiger partial charge in [-0.05, 0) is 51.8 Å². The molecule has 35 heavy (non-hydrogen) atoms. The maximum Gasteiger partial charge on any atom is 0.407 e. The van der Waals surface area contributed by atoms with Crippen molar-refractivity contribution in [3.8, 4) is 11.1 Å². The molecular weight excluding hydrogens is 500 g/mol. The highest BCUT2D eigenvalue weighted by atomic mass is 35.5. The van der Waals surface area contributed by atoms with E-state index in [1.807, 2.05) is 0 Å². The number of benzene rings is 2. The Bertz CT molecular complexity index is 1460. The highest BCUT2D eigenvalue weighted by Crippen LogP contribution is 2.42. The second-order valence-electron chi connectivity index (χ2n) is 9.39. The SMILES string of the molecule is Cc1cc2c(=O)[nH]c(=O)n3c2c(c1-c1cc(Cl)c(F)cc1F)SCC[C@@H](NC(=O)OC(C)(C)C)C3. The van der Waals surface area contributed by atoms with E-state index in [1.165, 1.54) is 22.4 Å². The van der Waals surface area contributed by atoms with E-state index in [4.69, 9.17) is 16.3 Å². The van der Waals surface area contributed by atoms with Gasteiger partial charge in [0.05, 0.1) is 22.0 Å². The van der Waals surface area contributed by atoms with E-state index in [0.717, 1.165) is 0 Å². The van der Waals surface area contributed by atoms with Gasteiger partial charge in [0.2, 0.25) is 0 Å². The molecule has 1 amide bonds. The minimum absolute atomic E-state index is 0.0636. The molecule has 0 bridgehead atoms. The van der Waals surface area contributed by atoms with Crippen molar-refractivity contribution in [2.75, 3.05) is 5.75 Å². The summed E-state index contributed by atoms with van der Waals surface area (Å²) in [6, 6.07) is 3.03. The predicted octanol–water partition coefficient (Wildman–Crippen LogP) is 4.99. The van der Waals surface area contributed by atoms with E-state index in [1.54, 1.807) is 33.8 Å². The number of halogens is 3. The number of thioether (sulfide) groups is 1. The Morgan fingerprint density at radius 3 is 2.63 bits per heavy atom. The van der Waals surface area contributed by atoms with Crippen molar-refractivity contribution in [1.82, 2.24) is 14.9 Å². The third-order valence-corrected chi connectivity index (χ3v) is 6.96. The van der Waals surface area contributed by atoms with Crippen LogP contribution < -0.4 is 16.6 Å². The summed E-state index contributed by atoms with van der Waals surface area (Å²) in [7, 11) is 0. The number of aromatic nitrogens is 2. The molecule has 11 heteroatoms. The molecule has 3 aromatic rings. The number of aryl methyl sites for hydroxylation is 1. The molecule has 0 saturated carbocycles. The number of hydrogen-bond donors (Lipinski definition) is 2. The third-order valence-electron chi connectivity index (χ3n) is 5.55. The van der Waals surface area contributed by atoms with Gasteiger partial charge in [0, 0.05) is 34.4 Å². The number of amides is 1. The fourth-order valence-electron chi connectivity index (χ4n) is 4.12. The lowest BCUT2D eigenvalue weighted by molar-refractivity contribution is 0.0498. The van der Waals surface area contributed by atoms with Crippen LogP contribution in [-0.4, -0.2) is 33.0 Å². The molecule has 0 radical (unpaired) electrons. The molecular formula is C24H24ClF2N3O4S. The van der Waals surface area contributed by atoms with E-state index in [2.05, 4.69) is 10.3 Å². The van der Waals surface area contributed by atoms with Crippen LogP contribution in [0.15, 0.2) is 32.7 Å². The van der Waals surface area contributed by atoms with Crippen LogP contribution in [0.25, 0.3) is 22.0 Å². The Morgan fingerprint density at radius 1 is 1.23 bits per heavy atom. The molecule has 7 nitrogen and oxygen atoms in total. The zero-order valence-corrected chi connectivity index (χ0v) is 21.1. The number of hydrogen-bond acceptors (Lipinski definition) is 5. The number of carbonyl (C=O) groups is 1. The summed E-state index contributed by atoms with van der Waals surface area (Å²) < 4.78 is 35.5. The van der Waals surface area contributed by atoms with Crippen LogP contribution in [0.1, 0.15) is 32.8 Å². The second kappa shape index (κ2) is 9.31. The summed E-state index contributed by atoms with van der Waals surface area (Å²) in [5.41, 5.74) is -0.536. The lowest BCUT2D eigenvalue weighted by Crippen LogP contribution is -2.44. The van der Waals surface area contributed by atoms with Gasteiger partial charge in [-0.15, -0.1) is 11.8 Å². The van der Waals surface area contributed by atoms with Crippen molar-refractivity contribution in [2.45, 2.75) is 57.2 Å². The van der Waals surface area contributed by atoms with Gasteiger partial charge in [0.1, 0.15) is 17.2 Å². The minimum atomic E-state index is -0.883. The highest BCUT2D eigenvalue weighted by Gasteiger charge is 2.27. The molecule has 2 aromatic carbocycles. The molecule has 1 aromatic heterocycles. The molecule has 0 aliphatic carbocycles. The molecule has 4 rings (SSSR count). The predicted molar refractivity (Wildman–Crippen MR) is 132 cm³/mol. The van der Waals surface area contributed by atoms with Crippen LogP contribution in [0.3, 0.4) is 0 Å². The smallest absolute Gasteiger partial charge is 0.407 e. The summed E-state index contributed by atoms with van der Waals surface area (Å²) in [5.74, 6) is -1.20. The first-order valence-corrected chi connectivity index (χ1v) is 12.3. The van der Waals surface area contributed by atoms with Gasteiger partial charge in [0.15, 0.2) is 0 Å². The standard InChI is InChI=1S/C24H24ClF2N3O4S/c1-11-7-14-19-20(18(11)13-8-15(25)17(27)9-16(13)26)35-6-5-12(28-23(33)34-24(2,3)4)10-30(19)22(32)29-21(14)31/h7-9,12H,5-6,10H2,1-4H3,(H,28,33)(H,29,31,32)/t12-/m1/s1. The zero-order chi connectivity index (χ0) is 25.7. The van der Waals surface area contributed by atoms with Crippen molar-refractivity contribution >= 4 is 40.4 Å². The molecule has 186 valence electrons. The number of H-pyrrole nitrogens is 1. The Morgan fingerprint density at radius 2 is 1.94 bits per heavy atom. The van der Waals surface area contributed by atoms with E-state index in [9.17, 15) is 23.2 Å². The average Bonchev–Trinajstić information content (AvgIpc) is 2.71. The molecule has 1 aliphatic rings. The zero-order valence-electron chi connectivity index (χ0n) is 19.6. The maximum atomic E-state index is 14.9. The van der Waals surface area contributed by atoms with Gasteiger partial charge < -0.3 is 10.1 Å². The van der Waals surface area contributed by atoms with E-state index < -0.39 is 40.6 Å². The first kappa shape index (κ1) is 25.2. The normalized spacial score (nSPS) is 16.0. The van der Waals surface area contributed by atoms with E-state index in [0.29, 0.717) is 39.8 Å². The topological polar surface area (TPSA) is 93.2 Å². The summed E-state index contributed by atoms with van der Waals surface area (Å²) in [6.45, 7) is 7.02. The molecule has 1 aliphatic heterocycles. The monoisotopic (exact) mass is 523 g/mol. The number of aromatic amines is 1. The largest absolute Gasteiger partial charge is 0.444 e. The quantitative estimate of drug-likeness (QED) is 0.462. The van der Waals surface area contributed by atoms with Gasteiger partial charge in [-0.2, -0.15) is 0 Å². The van der Waals surface area contributed by atoms with Gasteiger partial charge in [-0.1, -0.05) is 11.6 Å². The summed E-state index contributed by atoms with van der Waals surface area (Å²) in [5, 5.41) is 2.80. The Kier molecular flexibility index (Phi) is 6.72. The van der Waals surface area contributed by atoms with Crippen LogP contribution in [0.5, 0.6) is 0 Å². The van der Waals surface area contributed by atoms with Crippen molar-refractivity contribution in [3.05, 3.63) is 61.3 Å². The number of ether oxygens (including phenoxy) is 1. The molecule has 0 saturated heterocycles. The first-order chi connectivity index (χ1) is 16.4. The van der Waals surface area contributed by atoms with Crippen LogP contribution in [0.2, 0.25) is 5.02 Å².